The third-order valence-corrected chi connectivity index (χ3v) is 8.66. The van der Waals surface area contributed by atoms with Gasteiger partial charge in [0.1, 0.15) is 12.6 Å². The van der Waals surface area contributed by atoms with Gasteiger partial charge in [0.05, 0.1) is 10.6 Å². The van der Waals surface area contributed by atoms with Crippen LogP contribution in [-0.4, -0.2) is 44.3 Å². The van der Waals surface area contributed by atoms with Gasteiger partial charge in [-0.3, -0.25) is 13.9 Å². The third-order valence-electron chi connectivity index (χ3n) is 6.65. The Morgan fingerprint density at radius 3 is 2.28 bits per heavy atom. The van der Waals surface area contributed by atoms with E-state index in [4.69, 9.17) is 11.6 Å². The Labute approximate surface area is 236 Å². The molecule has 0 bridgehead atoms. The van der Waals surface area contributed by atoms with Crippen molar-refractivity contribution in [1.29, 1.82) is 0 Å². The van der Waals surface area contributed by atoms with Crippen LogP contribution in [0.3, 0.4) is 0 Å². The van der Waals surface area contributed by atoms with Crippen LogP contribution >= 0.6 is 11.6 Å². The fourth-order valence-electron chi connectivity index (χ4n) is 4.17. The van der Waals surface area contributed by atoms with E-state index in [0.29, 0.717) is 22.8 Å². The van der Waals surface area contributed by atoms with Crippen LogP contribution in [-0.2, 0) is 26.2 Å². The molecule has 0 saturated carbocycles. The number of rotatable bonds is 12. The first kappa shape index (κ1) is 30.2. The Morgan fingerprint density at radius 2 is 1.62 bits per heavy atom. The minimum Gasteiger partial charge on any atom is -0.354 e. The first-order valence-corrected chi connectivity index (χ1v) is 14.8. The summed E-state index contributed by atoms with van der Waals surface area (Å²) in [7, 11) is -4.14. The highest BCUT2D eigenvalue weighted by atomic mass is 35.5. The minimum atomic E-state index is -4.14. The predicted octanol–water partition coefficient (Wildman–Crippen LogP) is 5.49. The Kier molecular flexibility index (Phi) is 10.5. The zero-order valence-electron chi connectivity index (χ0n) is 22.9. The molecule has 0 radical (unpaired) electrons. The summed E-state index contributed by atoms with van der Waals surface area (Å²) in [5.41, 5.74) is 2.78. The van der Waals surface area contributed by atoms with Crippen LogP contribution in [0.4, 0.5) is 5.69 Å². The normalized spacial score (nSPS) is 12.0. The molecule has 0 aliphatic carbocycles. The van der Waals surface area contributed by atoms with Crippen LogP contribution in [0.1, 0.15) is 43.4 Å². The number of carbonyl (C=O) groups excluding carboxylic acids is 2. The molecule has 2 amide bonds. The minimum absolute atomic E-state index is 0.0491. The van der Waals surface area contributed by atoms with Crippen LogP contribution in [0.2, 0.25) is 5.02 Å². The van der Waals surface area contributed by atoms with Crippen LogP contribution in [0.25, 0.3) is 0 Å². The third kappa shape index (κ3) is 7.61. The van der Waals surface area contributed by atoms with Crippen molar-refractivity contribution in [3.8, 4) is 0 Å². The van der Waals surface area contributed by atoms with Gasteiger partial charge in [-0.1, -0.05) is 73.5 Å². The molecule has 0 fully saturated rings. The first-order valence-electron chi connectivity index (χ1n) is 13.0. The monoisotopic (exact) mass is 569 g/mol. The van der Waals surface area contributed by atoms with E-state index in [0.717, 1.165) is 28.3 Å². The van der Waals surface area contributed by atoms with E-state index in [1.54, 1.807) is 44.2 Å². The molecule has 1 N–H and O–H groups in total. The van der Waals surface area contributed by atoms with Gasteiger partial charge in [0.2, 0.25) is 11.8 Å². The fourth-order valence-corrected chi connectivity index (χ4v) is 5.83. The molecule has 3 aromatic rings. The molecule has 0 aliphatic rings. The maximum atomic E-state index is 14.0. The standard InChI is InChI=1S/C30H36ClN3O4S/c1-5-6-18-32-30(36)24(4)33(20-25-13-11-10-12-22(25)2)29(35)21-34(28-19-26(31)17-16-23(28)3)39(37,38)27-14-8-7-9-15-27/h7-17,19,24H,5-6,18,20-21H2,1-4H3,(H,32,36)/t24-/m1/s1. The van der Waals surface area contributed by atoms with Gasteiger partial charge in [0.25, 0.3) is 10.0 Å². The van der Waals surface area contributed by atoms with E-state index < -0.39 is 28.5 Å². The second kappa shape index (κ2) is 13.6. The van der Waals surface area contributed by atoms with Crippen molar-refractivity contribution in [2.24, 2.45) is 0 Å². The molecule has 7 nitrogen and oxygen atoms in total. The molecule has 3 aromatic carbocycles. The molecule has 0 aromatic heterocycles. The van der Waals surface area contributed by atoms with Gasteiger partial charge in [-0.25, -0.2) is 8.42 Å². The van der Waals surface area contributed by atoms with Crippen molar-refractivity contribution in [3.05, 3.63) is 94.5 Å². The highest BCUT2D eigenvalue weighted by Crippen LogP contribution is 2.30. The number of carbonyl (C=O) groups is 2. The van der Waals surface area contributed by atoms with E-state index in [-0.39, 0.29) is 17.3 Å². The summed E-state index contributed by atoms with van der Waals surface area (Å²) in [5.74, 6) is -0.794. The summed E-state index contributed by atoms with van der Waals surface area (Å²) in [6, 6.07) is 19.7. The number of unbranched alkanes of at least 4 members (excludes halogenated alkanes) is 1. The van der Waals surface area contributed by atoms with Crippen LogP contribution in [0.15, 0.2) is 77.7 Å². The highest BCUT2D eigenvalue weighted by molar-refractivity contribution is 7.92. The number of sulfonamides is 1. The number of nitrogens with zero attached hydrogens (tertiary/aromatic N) is 2. The molecular formula is C30H36ClN3O4S. The van der Waals surface area contributed by atoms with Crippen molar-refractivity contribution in [2.75, 3.05) is 17.4 Å². The maximum Gasteiger partial charge on any atom is 0.264 e. The van der Waals surface area contributed by atoms with Crippen molar-refractivity contribution in [2.45, 2.75) is 58.0 Å². The molecule has 39 heavy (non-hydrogen) atoms. The van der Waals surface area contributed by atoms with Gasteiger partial charge in [0, 0.05) is 18.1 Å². The molecule has 208 valence electrons. The zero-order valence-corrected chi connectivity index (χ0v) is 24.4. The number of amides is 2. The quantitative estimate of drug-likeness (QED) is 0.292. The predicted molar refractivity (Wildman–Crippen MR) is 156 cm³/mol. The van der Waals surface area contributed by atoms with E-state index in [1.165, 1.54) is 23.1 Å². The molecule has 0 aliphatic heterocycles. The first-order chi connectivity index (χ1) is 18.6. The van der Waals surface area contributed by atoms with E-state index in [9.17, 15) is 18.0 Å². The van der Waals surface area contributed by atoms with Crippen LogP contribution in [0, 0.1) is 13.8 Å². The van der Waals surface area contributed by atoms with Gasteiger partial charge in [-0.15, -0.1) is 0 Å². The molecule has 3 rings (SSSR count). The average Bonchev–Trinajstić information content (AvgIpc) is 2.92. The smallest absolute Gasteiger partial charge is 0.264 e. The lowest BCUT2D eigenvalue weighted by atomic mass is 10.1. The van der Waals surface area contributed by atoms with E-state index >= 15 is 0 Å². The zero-order chi connectivity index (χ0) is 28.6. The Hall–Kier alpha value is -3.36. The number of hydrogen-bond donors (Lipinski definition) is 1. The summed E-state index contributed by atoms with van der Waals surface area (Å²) < 4.78 is 28.8. The lowest BCUT2D eigenvalue weighted by molar-refractivity contribution is -0.139. The number of nitrogens with one attached hydrogen (secondary N) is 1. The Bertz CT molecular complexity index is 1400. The number of benzene rings is 3. The lowest BCUT2D eigenvalue weighted by Crippen LogP contribution is -2.51. The molecular weight excluding hydrogens is 534 g/mol. The second-order valence-corrected chi connectivity index (χ2v) is 11.8. The van der Waals surface area contributed by atoms with Crippen LogP contribution < -0.4 is 9.62 Å². The molecule has 0 unspecified atom stereocenters. The van der Waals surface area contributed by atoms with Crippen molar-refractivity contribution >= 4 is 39.1 Å². The lowest BCUT2D eigenvalue weighted by Gasteiger charge is -2.32. The second-order valence-electron chi connectivity index (χ2n) is 9.52. The summed E-state index contributed by atoms with van der Waals surface area (Å²) in [4.78, 5) is 28.5. The summed E-state index contributed by atoms with van der Waals surface area (Å²) in [6.07, 6.45) is 1.74. The van der Waals surface area contributed by atoms with Crippen molar-refractivity contribution in [3.63, 3.8) is 0 Å². The fraction of sp³-hybridized carbons (Fsp3) is 0.333. The molecule has 0 spiro atoms. The van der Waals surface area contributed by atoms with Gasteiger partial charge in [-0.05, 0) is 68.1 Å². The molecule has 1 atom stereocenters. The highest BCUT2D eigenvalue weighted by Gasteiger charge is 2.33. The average molecular weight is 570 g/mol. The summed E-state index contributed by atoms with van der Waals surface area (Å²) in [6.45, 7) is 7.55. The van der Waals surface area contributed by atoms with Gasteiger partial charge in [-0.2, -0.15) is 0 Å². The number of hydrogen-bond acceptors (Lipinski definition) is 4. The summed E-state index contributed by atoms with van der Waals surface area (Å²) in [5, 5.41) is 3.24. The SMILES string of the molecule is CCCCNC(=O)[C@@H](C)N(Cc1ccccc1C)C(=O)CN(c1cc(Cl)ccc1C)S(=O)(=O)c1ccccc1. The Morgan fingerprint density at radius 1 is 0.949 bits per heavy atom. The largest absolute Gasteiger partial charge is 0.354 e. The van der Waals surface area contributed by atoms with Crippen molar-refractivity contribution < 1.29 is 18.0 Å². The van der Waals surface area contributed by atoms with Crippen LogP contribution in [0.5, 0.6) is 0 Å². The van der Waals surface area contributed by atoms with Crippen molar-refractivity contribution in [1.82, 2.24) is 10.2 Å². The van der Waals surface area contributed by atoms with E-state index in [2.05, 4.69) is 5.32 Å². The maximum absolute atomic E-state index is 14.0. The Balaban J connectivity index is 2.04. The molecule has 0 saturated heterocycles. The number of halogens is 1. The van der Waals surface area contributed by atoms with Gasteiger partial charge < -0.3 is 10.2 Å². The molecule has 0 heterocycles. The molecule has 9 heteroatoms. The van der Waals surface area contributed by atoms with E-state index in [1.807, 2.05) is 38.1 Å². The topological polar surface area (TPSA) is 86.8 Å². The van der Waals surface area contributed by atoms with Gasteiger partial charge in [0.15, 0.2) is 0 Å². The number of anilines is 1. The summed E-state index contributed by atoms with van der Waals surface area (Å²) >= 11 is 6.26. The number of aryl methyl sites for hydroxylation is 2. The van der Waals surface area contributed by atoms with Gasteiger partial charge >= 0.3 is 0 Å².